The molecule has 1 rings (SSSR count). The van der Waals surface area contributed by atoms with Crippen molar-refractivity contribution in [2.45, 2.75) is 26.3 Å². The van der Waals surface area contributed by atoms with Gasteiger partial charge in [-0.1, -0.05) is 11.6 Å². The Labute approximate surface area is 79.4 Å². The van der Waals surface area contributed by atoms with Gasteiger partial charge >= 0.3 is 5.97 Å². The van der Waals surface area contributed by atoms with E-state index < -0.39 is 0 Å². The monoisotopic (exact) mass is 183 g/mol. The van der Waals surface area contributed by atoms with E-state index in [9.17, 15) is 4.79 Å². The van der Waals surface area contributed by atoms with Crippen molar-refractivity contribution in [3.8, 4) is 0 Å². The van der Waals surface area contributed by atoms with Crippen LogP contribution in [-0.2, 0) is 9.53 Å². The predicted molar refractivity (Wildman–Crippen MR) is 51.4 cm³/mol. The van der Waals surface area contributed by atoms with Crippen LogP contribution >= 0.6 is 0 Å². The smallest absolute Gasteiger partial charge is 0.322 e. The number of nitrogens with zero attached hydrogens (tertiary/aromatic N) is 1. The van der Waals surface area contributed by atoms with Crippen LogP contribution in [0.1, 0.15) is 20.3 Å². The van der Waals surface area contributed by atoms with Gasteiger partial charge in [0.25, 0.3) is 0 Å². The fourth-order valence-electron chi connectivity index (χ4n) is 1.46. The molecule has 1 aliphatic rings. The van der Waals surface area contributed by atoms with Crippen molar-refractivity contribution in [3.63, 3.8) is 0 Å². The van der Waals surface area contributed by atoms with Crippen molar-refractivity contribution in [2.24, 2.45) is 0 Å². The van der Waals surface area contributed by atoms with E-state index in [0.717, 1.165) is 19.5 Å². The Morgan fingerprint density at radius 2 is 2.38 bits per heavy atom. The summed E-state index contributed by atoms with van der Waals surface area (Å²) in [6.07, 6.45) is 3.23. The molecule has 0 N–H and O–H groups in total. The normalized spacial score (nSPS) is 20.7. The Balaban J connectivity index is 2.50. The number of carbonyl (C=O) groups excluding carboxylic acids is 1. The van der Waals surface area contributed by atoms with E-state index in [4.69, 9.17) is 4.74 Å². The van der Waals surface area contributed by atoms with Crippen molar-refractivity contribution in [2.75, 3.05) is 20.2 Å². The molecule has 0 aromatic carbocycles. The van der Waals surface area contributed by atoms with Crippen LogP contribution in [0.4, 0.5) is 0 Å². The Morgan fingerprint density at radius 3 is 2.85 bits per heavy atom. The van der Waals surface area contributed by atoms with Crippen LogP contribution in [-0.4, -0.2) is 37.1 Å². The number of ether oxygens (including phenoxy) is 1. The second-order valence-electron chi connectivity index (χ2n) is 3.49. The standard InChI is InChI=1S/C10H17NO2/c1-8-4-6-11(7-5-8)9(2)10(12)13-3/h4,9H,5-7H2,1-3H3. The fourth-order valence-corrected chi connectivity index (χ4v) is 1.46. The second-order valence-corrected chi connectivity index (χ2v) is 3.49. The third kappa shape index (κ3) is 2.56. The van der Waals surface area contributed by atoms with E-state index in [1.54, 1.807) is 0 Å². The maximum atomic E-state index is 11.2. The summed E-state index contributed by atoms with van der Waals surface area (Å²) in [5, 5.41) is 0. The van der Waals surface area contributed by atoms with Gasteiger partial charge in [-0.05, 0) is 20.3 Å². The Kier molecular flexibility index (Phi) is 3.48. The number of hydrogen-bond acceptors (Lipinski definition) is 3. The molecule has 3 nitrogen and oxygen atoms in total. The SMILES string of the molecule is COC(=O)C(C)N1CC=C(C)CC1. The van der Waals surface area contributed by atoms with Crippen LogP contribution in [0, 0.1) is 0 Å². The molecule has 13 heavy (non-hydrogen) atoms. The van der Waals surface area contributed by atoms with E-state index in [0.29, 0.717) is 0 Å². The van der Waals surface area contributed by atoms with Gasteiger partial charge in [-0.15, -0.1) is 0 Å². The van der Waals surface area contributed by atoms with E-state index in [2.05, 4.69) is 17.9 Å². The summed E-state index contributed by atoms with van der Waals surface area (Å²) in [5.41, 5.74) is 1.41. The molecule has 0 fully saturated rings. The molecule has 0 aromatic heterocycles. The summed E-state index contributed by atoms with van der Waals surface area (Å²) < 4.78 is 4.69. The van der Waals surface area contributed by atoms with Gasteiger partial charge in [0.05, 0.1) is 7.11 Å². The summed E-state index contributed by atoms with van der Waals surface area (Å²) in [7, 11) is 1.43. The number of esters is 1. The van der Waals surface area contributed by atoms with Gasteiger partial charge in [-0.25, -0.2) is 0 Å². The summed E-state index contributed by atoms with van der Waals surface area (Å²) in [5.74, 6) is -0.145. The molecule has 0 bridgehead atoms. The Morgan fingerprint density at radius 1 is 1.69 bits per heavy atom. The van der Waals surface area contributed by atoms with Crippen molar-refractivity contribution in [3.05, 3.63) is 11.6 Å². The van der Waals surface area contributed by atoms with Crippen LogP contribution < -0.4 is 0 Å². The third-order valence-corrected chi connectivity index (χ3v) is 2.56. The lowest BCUT2D eigenvalue weighted by atomic mass is 10.1. The third-order valence-electron chi connectivity index (χ3n) is 2.56. The molecule has 1 atom stereocenters. The molecular formula is C10H17NO2. The van der Waals surface area contributed by atoms with E-state index in [-0.39, 0.29) is 12.0 Å². The molecule has 0 spiro atoms. The zero-order chi connectivity index (χ0) is 9.84. The Hall–Kier alpha value is -0.830. The van der Waals surface area contributed by atoms with Gasteiger partial charge in [-0.3, -0.25) is 9.69 Å². The van der Waals surface area contributed by atoms with Gasteiger partial charge in [0.1, 0.15) is 6.04 Å². The maximum Gasteiger partial charge on any atom is 0.322 e. The van der Waals surface area contributed by atoms with Gasteiger partial charge in [0.2, 0.25) is 0 Å². The van der Waals surface area contributed by atoms with E-state index in [1.807, 2.05) is 6.92 Å². The number of methoxy groups -OCH3 is 1. The molecule has 0 amide bonds. The highest BCUT2D eigenvalue weighted by Crippen LogP contribution is 2.12. The molecule has 3 heteroatoms. The quantitative estimate of drug-likeness (QED) is 0.476. The van der Waals surface area contributed by atoms with Crippen molar-refractivity contribution < 1.29 is 9.53 Å². The highest BCUT2D eigenvalue weighted by molar-refractivity contribution is 5.75. The topological polar surface area (TPSA) is 29.5 Å². The van der Waals surface area contributed by atoms with Crippen LogP contribution in [0.3, 0.4) is 0 Å². The lowest BCUT2D eigenvalue weighted by molar-refractivity contribution is -0.146. The summed E-state index contributed by atoms with van der Waals surface area (Å²) in [6, 6.07) is -0.116. The average molecular weight is 183 g/mol. The van der Waals surface area contributed by atoms with Gasteiger partial charge in [-0.2, -0.15) is 0 Å². The summed E-state index contributed by atoms with van der Waals surface area (Å²) in [4.78, 5) is 13.3. The summed E-state index contributed by atoms with van der Waals surface area (Å²) in [6.45, 7) is 5.83. The first-order valence-electron chi connectivity index (χ1n) is 4.62. The number of rotatable bonds is 2. The zero-order valence-electron chi connectivity index (χ0n) is 8.54. The molecule has 1 aliphatic heterocycles. The van der Waals surface area contributed by atoms with Crippen molar-refractivity contribution in [1.29, 1.82) is 0 Å². The molecule has 0 saturated heterocycles. The minimum atomic E-state index is -0.145. The van der Waals surface area contributed by atoms with E-state index >= 15 is 0 Å². The molecule has 0 aliphatic carbocycles. The molecule has 74 valence electrons. The molecule has 0 radical (unpaired) electrons. The van der Waals surface area contributed by atoms with Crippen LogP contribution in [0.2, 0.25) is 0 Å². The van der Waals surface area contributed by atoms with Gasteiger partial charge in [0.15, 0.2) is 0 Å². The highest BCUT2D eigenvalue weighted by atomic mass is 16.5. The van der Waals surface area contributed by atoms with Crippen LogP contribution in [0.15, 0.2) is 11.6 Å². The van der Waals surface area contributed by atoms with E-state index in [1.165, 1.54) is 12.7 Å². The molecular weight excluding hydrogens is 166 g/mol. The predicted octanol–water partition coefficient (Wildman–Crippen LogP) is 1.20. The molecule has 1 unspecified atom stereocenters. The van der Waals surface area contributed by atoms with Gasteiger partial charge < -0.3 is 4.74 Å². The van der Waals surface area contributed by atoms with Crippen molar-refractivity contribution in [1.82, 2.24) is 4.90 Å². The number of carbonyl (C=O) groups is 1. The highest BCUT2D eigenvalue weighted by Gasteiger charge is 2.22. The lowest BCUT2D eigenvalue weighted by Crippen LogP contribution is -2.41. The minimum absolute atomic E-state index is 0.116. The van der Waals surface area contributed by atoms with Crippen LogP contribution in [0.25, 0.3) is 0 Å². The molecule has 1 heterocycles. The van der Waals surface area contributed by atoms with Crippen molar-refractivity contribution >= 4 is 5.97 Å². The lowest BCUT2D eigenvalue weighted by Gasteiger charge is -2.29. The average Bonchev–Trinajstić information content (AvgIpc) is 2.17. The number of hydrogen-bond donors (Lipinski definition) is 0. The second kappa shape index (κ2) is 4.42. The largest absolute Gasteiger partial charge is 0.468 e. The zero-order valence-corrected chi connectivity index (χ0v) is 8.54. The van der Waals surface area contributed by atoms with Crippen LogP contribution in [0.5, 0.6) is 0 Å². The minimum Gasteiger partial charge on any atom is -0.468 e. The van der Waals surface area contributed by atoms with Gasteiger partial charge in [0, 0.05) is 13.1 Å². The Bertz CT molecular complexity index is 223. The first-order chi connectivity index (χ1) is 6.15. The first kappa shape index (κ1) is 10.3. The molecule has 0 aromatic rings. The first-order valence-corrected chi connectivity index (χ1v) is 4.62. The molecule has 0 saturated carbocycles. The maximum absolute atomic E-state index is 11.2. The fraction of sp³-hybridized carbons (Fsp3) is 0.700. The summed E-state index contributed by atoms with van der Waals surface area (Å²) >= 11 is 0.